The predicted octanol–water partition coefficient (Wildman–Crippen LogP) is 4.87. The minimum Gasteiger partial charge on any atom is -0.388 e. The number of hydrogen-bond donors (Lipinski definition) is 1. The molecule has 1 aromatic carbocycles. The number of benzene rings is 1. The molecule has 4 rings (SSSR count). The zero-order valence-electron chi connectivity index (χ0n) is 20.2. The molecule has 0 unspecified atom stereocenters. The van der Waals surface area contributed by atoms with E-state index in [9.17, 15) is 13.6 Å². The number of rotatable bonds is 7. The SMILES string of the molecule is CNc1ccn(-c2ccnc(C)c2/C=C(\C)CN2C=C(c3c(F)cc(OC#N)cc3F)CC2)c(=O)c1. The Balaban J connectivity index is 1.60. The van der Waals surface area contributed by atoms with Crippen molar-refractivity contribution in [3.63, 3.8) is 0 Å². The molecule has 3 aromatic rings. The maximum atomic E-state index is 14.6. The Hall–Kier alpha value is -4.45. The zero-order chi connectivity index (χ0) is 25.8. The fraction of sp³-hybridized carbons (Fsp3) is 0.222. The molecule has 2 aromatic heterocycles. The van der Waals surface area contributed by atoms with E-state index in [4.69, 9.17) is 5.26 Å². The number of anilines is 1. The van der Waals surface area contributed by atoms with Crippen molar-refractivity contribution in [2.45, 2.75) is 20.3 Å². The zero-order valence-corrected chi connectivity index (χ0v) is 20.2. The van der Waals surface area contributed by atoms with Crippen molar-refractivity contribution in [1.82, 2.24) is 14.5 Å². The standard InChI is InChI=1S/C27H25F2N5O2/c1-17(10-22-18(2)32-7-4-25(22)34-9-6-20(31-3)11-26(34)35)14-33-8-5-19(15-33)27-23(28)12-21(36-16-30)13-24(27)29/h4,6-7,9-13,15,31H,5,8,14H2,1-3H3/b17-10+. The molecule has 0 radical (unpaired) electrons. The summed E-state index contributed by atoms with van der Waals surface area (Å²) in [4.78, 5) is 19.1. The first-order valence-electron chi connectivity index (χ1n) is 11.3. The number of nitriles is 1. The summed E-state index contributed by atoms with van der Waals surface area (Å²) in [5.41, 5.74) is 4.30. The second-order valence-electron chi connectivity index (χ2n) is 8.52. The second-order valence-corrected chi connectivity index (χ2v) is 8.52. The van der Waals surface area contributed by atoms with Crippen LogP contribution >= 0.6 is 0 Å². The normalized spacial score (nSPS) is 13.4. The van der Waals surface area contributed by atoms with Crippen molar-refractivity contribution in [2.24, 2.45) is 0 Å². The Morgan fingerprint density at radius 3 is 2.69 bits per heavy atom. The molecule has 0 aliphatic carbocycles. The van der Waals surface area contributed by atoms with Gasteiger partial charge in [-0.3, -0.25) is 14.3 Å². The summed E-state index contributed by atoms with van der Waals surface area (Å²) in [6.45, 7) is 4.97. The fourth-order valence-electron chi connectivity index (χ4n) is 4.29. The van der Waals surface area contributed by atoms with Gasteiger partial charge in [0.2, 0.25) is 0 Å². The Kier molecular flexibility index (Phi) is 7.15. The van der Waals surface area contributed by atoms with E-state index in [0.29, 0.717) is 25.1 Å². The number of aryl methyl sites for hydroxylation is 1. The molecular formula is C27H25F2N5O2. The molecule has 36 heavy (non-hydrogen) atoms. The fourth-order valence-corrected chi connectivity index (χ4v) is 4.29. The Bertz CT molecular complexity index is 1450. The highest BCUT2D eigenvalue weighted by Gasteiger charge is 2.22. The number of hydrogen-bond acceptors (Lipinski definition) is 6. The molecule has 0 saturated carbocycles. The van der Waals surface area contributed by atoms with E-state index < -0.39 is 11.6 Å². The maximum Gasteiger partial charge on any atom is 0.292 e. The van der Waals surface area contributed by atoms with Crippen LogP contribution in [0.2, 0.25) is 0 Å². The highest BCUT2D eigenvalue weighted by molar-refractivity contribution is 5.69. The first-order valence-corrected chi connectivity index (χ1v) is 11.3. The monoisotopic (exact) mass is 489 g/mol. The number of halogens is 2. The maximum absolute atomic E-state index is 14.6. The van der Waals surface area contributed by atoms with Crippen molar-refractivity contribution in [3.8, 4) is 17.7 Å². The van der Waals surface area contributed by atoms with Crippen molar-refractivity contribution < 1.29 is 13.5 Å². The molecule has 9 heteroatoms. The minimum absolute atomic E-state index is 0.112. The first-order chi connectivity index (χ1) is 17.3. The Morgan fingerprint density at radius 2 is 2.03 bits per heavy atom. The van der Waals surface area contributed by atoms with Gasteiger partial charge < -0.3 is 15.0 Å². The molecule has 0 bridgehead atoms. The van der Waals surface area contributed by atoms with E-state index >= 15 is 0 Å². The molecule has 1 N–H and O–H groups in total. The molecule has 0 saturated heterocycles. The van der Waals surface area contributed by atoms with Gasteiger partial charge in [0, 0.05) is 73.9 Å². The van der Waals surface area contributed by atoms with Crippen molar-refractivity contribution in [3.05, 3.63) is 93.3 Å². The van der Waals surface area contributed by atoms with Crippen LogP contribution in [0.3, 0.4) is 0 Å². The lowest BCUT2D eigenvalue weighted by Crippen LogP contribution is -2.19. The molecule has 1 aliphatic rings. The van der Waals surface area contributed by atoms with Gasteiger partial charge in [-0.25, -0.2) is 8.78 Å². The molecule has 1 aliphatic heterocycles. The van der Waals surface area contributed by atoms with Crippen molar-refractivity contribution in [1.29, 1.82) is 5.26 Å². The number of pyridine rings is 2. The smallest absolute Gasteiger partial charge is 0.292 e. The largest absolute Gasteiger partial charge is 0.388 e. The highest BCUT2D eigenvalue weighted by Crippen LogP contribution is 2.32. The van der Waals surface area contributed by atoms with E-state index in [1.165, 1.54) is 12.3 Å². The van der Waals surface area contributed by atoms with E-state index in [1.54, 1.807) is 36.3 Å². The predicted molar refractivity (Wildman–Crippen MR) is 135 cm³/mol. The number of nitrogens with zero attached hydrogens (tertiary/aromatic N) is 4. The quantitative estimate of drug-likeness (QED) is 0.477. The molecule has 0 atom stereocenters. The number of aromatic nitrogens is 2. The summed E-state index contributed by atoms with van der Waals surface area (Å²) in [7, 11) is 1.76. The van der Waals surface area contributed by atoms with Crippen LogP contribution < -0.4 is 15.6 Å². The van der Waals surface area contributed by atoms with Gasteiger partial charge in [-0.2, -0.15) is 0 Å². The molecule has 0 amide bonds. The first kappa shape index (κ1) is 24.7. The second kappa shape index (κ2) is 10.4. The van der Waals surface area contributed by atoms with E-state index in [-0.39, 0.29) is 16.9 Å². The average molecular weight is 490 g/mol. The third kappa shape index (κ3) is 5.13. The van der Waals surface area contributed by atoms with Crippen molar-refractivity contribution in [2.75, 3.05) is 25.5 Å². The van der Waals surface area contributed by atoms with Crippen molar-refractivity contribution >= 4 is 17.3 Å². The molecule has 0 spiro atoms. The highest BCUT2D eigenvalue weighted by atomic mass is 19.1. The Morgan fingerprint density at radius 1 is 1.28 bits per heavy atom. The number of nitrogens with one attached hydrogen (secondary N) is 1. The molecule has 0 fully saturated rings. The van der Waals surface area contributed by atoms with Crippen LogP contribution in [0.4, 0.5) is 14.5 Å². The molecular weight excluding hydrogens is 464 g/mol. The van der Waals surface area contributed by atoms with E-state index in [0.717, 1.165) is 40.3 Å². The average Bonchev–Trinajstić information content (AvgIpc) is 3.28. The van der Waals surface area contributed by atoms with Crippen LogP contribution in [0.25, 0.3) is 17.3 Å². The lowest BCUT2D eigenvalue weighted by molar-refractivity contribution is 0.441. The summed E-state index contributed by atoms with van der Waals surface area (Å²) in [6.07, 6.45) is 9.02. The minimum atomic E-state index is -0.772. The summed E-state index contributed by atoms with van der Waals surface area (Å²) in [6, 6.07) is 7.17. The number of ether oxygens (including phenoxy) is 1. The van der Waals surface area contributed by atoms with Gasteiger partial charge in [-0.1, -0.05) is 11.6 Å². The van der Waals surface area contributed by atoms with Gasteiger partial charge in [0.15, 0.2) is 0 Å². The topological polar surface area (TPSA) is 83.2 Å². The summed E-state index contributed by atoms with van der Waals surface area (Å²) in [5, 5.41) is 11.5. The van der Waals surface area contributed by atoms with Crippen LogP contribution in [-0.4, -0.2) is 34.6 Å². The van der Waals surface area contributed by atoms with Gasteiger partial charge in [-0.05, 0) is 38.0 Å². The Labute approximate surface area is 207 Å². The van der Waals surface area contributed by atoms with Gasteiger partial charge in [-0.15, -0.1) is 5.26 Å². The van der Waals surface area contributed by atoms with Crippen LogP contribution in [0.1, 0.15) is 30.2 Å². The molecule has 7 nitrogen and oxygen atoms in total. The van der Waals surface area contributed by atoms with Crippen LogP contribution in [0.15, 0.2) is 59.3 Å². The van der Waals surface area contributed by atoms with Crippen LogP contribution in [-0.2, 0) is 0 Å². The molecule has 184 valence electrons. The lowest BCUT2D eigenvalue weighted by atomic mass is 10.0. The third-order valence-corrected chi connectivity index (χ3v) is 5.98. The summed E-state index contributed by atoms with van der Waals surface area (Å²) >= 11 is 0. The van der Waals surface area contributed by atoms with Crippen LogP contribution in [0, 0.1) is 30.1 Å². The van der Waals surface area contributed by atoms with Gasteiger partial charge in [0.25, 0.3) is 11.8 Å². The lowest BCUT2D eigenvalue weighted by Gasteiger charge is -2.17. The van der Waals surface area contributed by atoms with Gasteiger partial charge in [0.1, 0.15) is 17.4 Å². The summed E-state index contributed by atoms with van der Waals surface area (Å²) in [5.74, 6) is -1.72. The van der Waals surface area contributed by atoms with Gasteiger partial charge >= 0.3 is 0 Å². The summed E-state index contributed by atoms with van der Waals surface area (Å²) < 4.78 is 35.2. The van der Waals surface area contributed by atoms with Gasteiger partial charge in [0.05, 0.1) is 11.3 Å². The van der Waals surface area contributed by atoms with E-state index in [1.807, 2.05) is 30.9 Å². The van der Waals surface area contributed by atoms with E-state index in [2.05, 4.69) is 15.0 Å². The van der Waals surface area contributed by atoms with Crippen LogP contribution in [0.5, 0.6) is 5.75 Å². The third-order valence-electron chi connectivity index (χ3n) is 5.98. The molecule has 3 heterocycles.